The average molecular weight is 297 g/mol. The number of carbonyl (C=O) groups is 2. The summed E-state index contributed by atoms with van der Waals surface area (Å²) >= 11 is 0. The molecule has 19 heavy (non-hydrogen) atoms. The van der Waals surface area contributed by atoms with Crippen molar-refractivity contribution in [1.82, 2.24) is 0 Å². The number of nitrogens with two attached hydrogens (primary N) is 1. The fourth-order valence-electron chi connectivity index (χ4n) is 0.845. The van der Waals surface area contributed by atoms with E-state index in [0.29, 0.717) is 0 Å². The van der Waals surface area contributed by atoms with E-state index in [4.69, 9.17) is 15.9 Å². The molecule has 0 unspecified atom stereocenters. The van der Waals surface area contributed by atoms with Crippen LogP contribution in [0.5, 0.6) is 0 Å². The quantitative estimate of drug-likeness (QED) is 0.344. The summed E-state index contributed by atoms with van der Waals surface area (Å²) in [5.41, 5.74) is 5.39. The summed E-state index contributed by atoms with van der Waals surface area (Å²) < 4.78 is 9.24. The van der Waals surface area contributed by atoms with Crippen LogP contribution in [0.1, 0.15) is 20.3 Å². The van der Waals surface area contributed by atoms with Crippen molar-refractivity contribution in [3.63, 3.8) is 0 Å². The summed E-state index contributed by atoms with van der Waals surface area (Å²) in [6.07, 6.45) is -1.88. The van der Waals surface area contributed by atoms with Gasteiger partial charge in [0.2, 0.25) is 0 Å². The van der Waals surface area contributed by atoms with Crippen LogP contribution in [0.15, 0.2) is 0 Å². The van der Waals surface area contributed by atoms with Gasteiger partial charge in [-0.25, -0.2) is 0 Å². The van der Waals surface area contributed by atoms with Crippen LogP contribution in [0.2, 0.25) is 0 Å². The Morgan fingerprint density at radius 1 is 1.05 bits per heavy atom. The van der Waals surface area contributed by atoms with E-state index in [1.165, 1.54) is 13.8 Å². The first kappa shape index (κ1) is 24.8. The van der Waals surface area contributed by atoms with Gasteiger partial charge in [-0.15, -0.1) is 0 Å². The molecule has 0 spiro atoms. The standard InChI is InChI=1S/C10H19NO6.2Na.2H/c1-6(12)4-16-9(14)3-8(11)10(15)17-5-7(2)13;;;;/h6-8,12-13H,3-5,11H2,1-2H3;;;;/t6-,7-,8-;;;;/m0..../s1. The molecule has 0 saturated carbocycles. The first-order chi connectivity index (χ1) is 7.82. The molecular formula is C10H21NNa2O6. The van der Waals surface area contributed by atoms with Gasteiger partial charge in [0.25, 0.3) is 0 Å². The monoisotopic (exact) mass is 297 g/mol. The number of rotatable bonds is 7. The zero-order valence-corrected chi connectivity index (χ0v) is 9.96. The summed E-state index contributed by atoms with van der Waals surface area (Å²) in [4.78, 5) is 22.3. The van der Waals surface area contributed by atoms with Crippen molar-refractivity contribution in [2.24, 2.45) is 5.73 Å². The van der Waals surface area contributed by atoms with Crippen LogP contribution in [-0.4, -0.2) is 113 Å². The number of carbonyl (C=O) groups excluding carboxylic acids is 2. The minimum absolute atomic E-state index is 0. The third-order valence-electron chi connectivity index (χ3n) is 1.64. The number of aliphatic hydroxyl groups excluding tert-OH is 2. The van der Waals surface area contributed by atoms with Gasteiger partial charge in [0.15, 0.2) is 0 Å². The molecule has 0 fully saturated rings. The molecule has 3 atom stereocenters. The van der Waals surface area contributed by atoms with E-state index in [-0.39, 0.29) is 78.7 Å². The molecule has 0 bridgehead atoms. The topological polar surface area (TPSA) is 119 Å². The number of ether oxygens (including phenoxy) is 2. The van der Waals surface area contributed by atoms with E-state index in [0.717, 1.165) is 0 Å². The molecular weight excluding hydrogens is 276 g/mol. The van der Waals surface area contributed by atoms with Crippen molar-refractivity contribution in [1.29, 1.82) is 0 Å². The molecule has 0 aromatic rings. The van der Waals surface area contributed by atoms with Gasteiger partial charge in [-0.3, -0.25) is 9.59 Å². The molecule has 0 aromatic heterocycles. The molecule has 0 radical (unpaired) electrons. The van der Waals surface area contributed by atoms with Crippen molar-refractivity contribution in [2.45, 2.75) is 38.5 Å². The second kappa shape index (κ2) is 13.8. The average Bonchev–Trinajstić information content (AvgIpc) is 2.22. The molecule has 0 aliphatic rings. The fraction of sp³-hybridized carbons (Fsp3) is 0.800. The van der Waals surface area contributed by atoms with Crippen molar-refractivity contribution in [3.05, 3.63) is 0 Å². The molecule has 9 heteroatoms. The van der Waals surface area contributed by atoms with Crippen LogP contribution >= 0.6 is 0 Å². The molecule has 0 amide bonds. The van der Waals surface area contributed by atoms with E-state index >= 15 is 0 Å². The molecule has 0 aliphatic carbocycles. The van der Waals surface area contributed by atoms with E-state index < -0.39 is 30.2 Å². The number of hydrogen-bond donors (Lipinski definition) is 3. The van der Waals surface area contributed by atoms with Crippen molar-refractivity contribution < 1.29 is 29.3 Å². The molecule has 0 heterocycles. The van der Waals surface area contributed by atoms with Gasteiger partial charge >= 0.3 is 71.1 Å². The second-order valence-electron chi connectivity index (χ2n) is 3.82. The molecule has 0 rings (SSSR count). The second-order valence-corrected chi connectivity index (χ2v) is 3.82. The number of hydrogen-bond acceptors (Lipinski definition) is 7. The van der Waals surface area contributed by atoms with Gasteiger partial charge in [0.05, 0.1) is 18.6 Å². The molecule has 7 nitrogen and oxygen atoms in total. The van der Waals surface area contributed by atoms with Gasteiger partial charge in [-0.2, -0.15) is 0 Å². The predicted molar refractivity (Wildman–Crippen MR) is 72.2 cm³/mol. The minimum atomic E-state index is -1.13. The normalized spacial score (nSPS) is 14.2. The molecule has 4 N–H and O–H groups in total. The maximum absolute atomic E-state index is 11.2. The van der Waals surface area contributed by atoms with Gasteiger partial charge in [0, 0.05) is 0 Å². The van der Waals surface area contributed by atoms with E-state index in [1.807, 2.05) is 0 Å². The summed E-state index contributed by atoms with van der Waals surface area (Å²) in [5, 5.41) is 17.7. The number of esters is 2. The third-order valence-corrected chi connectivity index (χ3v) is 1.64. The Labute approximate surface area is 156 Å². The Bertz CT molecular complexity index is 262. The first-order valence-electron chi connectivity index (χ1n) is 5.27. The van der Waals surface area contributed by atoms with Crippen LogP contribution in [0.25, 0.3) is 0 Å². The Hall–Kier alpha value is 0.820. The van der Waals surface area contributed by atoms with Crippen LogP contribution in [0, 0.1) is 0 Å². The van der Waals surface area contributed by atoms with Crippen molar-refractivity contribution in [3.8, 4) is 0 Å². The summed E-state index contributed by atoms with van der Waals surface area (Å²) in [6, 6.07) is -1.13. The van der Waals surface area contributed by atoms with Crippen LogP contribution in [0.4, 0.5) is 0 Å². The Morgan fingerprint density at radius 2 is 1.47 bits per heavy atom. The van der Waals surface area contributed by atoms with Gasteiger partial charge < -0.3 is 25.4 Å². The van der Waals surface area contributed by atoms with E-state index in [1.54, 1.807) is 0 Å². The van der Waals surface area contributed by atoms with E-state index in [2.05, 4.69) is 9.47 Å². The number of aliphatic hydroxyl groups is 2. The zero-order chi connectivity index (χ0) is 13.4. The Balaban J connectivity index is -0.00000128. The maximum atomic E-state index is 11.2. The molecule has 104 valence electrons. The van der Waals surface area contributed by atoms with Crippen LogP contribution in [0.3, 0.4) is 0 Å². The molecule has 0 aromatic carbocycles. The van der Waals surface area contributed by atoms with Gasteiger partial charge in [0.1, 0.15) is 19.3 Å². The third kappa shape index (κ3) is 15.0. The summed E-state index contributed by atoms with van der Waals surface area (Å²) in [5.74, 6) is -1.47. The SMILES string of the molecule is C[C@H](O)COC(=O)C[C@H](N)C(=O)OC[C@H](C)O.[NaH].[NaH]. The van der Waals surface area contributed by atoms with Gasteiger partial charge in [-0.1, -0.05) is 0 Å². The summed E-state index contributed by atoms with van der Waals surface area (Å²) in [7, 11) is 0. The molecule has 0 saturated heterocycles. The molecule has 0 aliphatic heterocycles. The predicted octanol–water partition coefficient (Wildman–Crippen LogP) is -2.75. The fourth-order valence-corrected chi connectivity index (χ4v) is 0.845. The van der Waals surface area contributed by atoms with Crippen molar-refractivity contribution >= 4 is 71.1 Å². The van der Waals surface area contributed by atoms with E-state index in [9.17, 15) is 9.59 Å². The Kier molecular flexibility index (Phi) is 18.0. The first-order valence-corrected chi connectivity index (χ1v) is 5.27. The van der Waals surface area contributed by atoms with Crippen LogP contribution in [-0.2, 0) is 19.1 Å². The Morgan fingerprint density at radius 3 is 1.89 bits per heavy atom. The summed E-state index contributed by atoms with van der Waals surface area (Å²) in [6.45, 7) is 2.60. The van der Waals surface area contributed by atoms with Crippen molar-refractivity contribution in [2.75, 3.05) is 13.2 Å². The van der Waals surface area contributed by atoms with Gasteiger partial charge in [-0.05, 0) is 13.8 Å². The zero-order valence-electron chi connectivity index (χ0n) is 9.96. The van der Waals surface area contributed by atoms with Crippen LogP contribution < -0.4 is 5.73 Å².